The van der Waals surface area contributed by atoms with Crippen LogP contribution in [0.5, 0.6) is 0 Å². The van der Waals surface area contributed by atoms with Crippen LogP contribution in [0.2, 0.25) is 0 Å². The van der Waals surface area contributed by atoms with Crippen LogP contribution in [-0.4, -0.2) is 30.0 Å². The van der Waals surface area contributed by atoms with Crippen molar-refractivity contribution in [2.24, 2.45) is 11.3 Å². The molecule has 1 aliphatic carbocycles. The van der Waals surface area contributed by atoms with Crippen molar-refractivity contribution in [2.45, 2.75) is 46.5 Å². The number of para-hydroxylation sites is 1. The average Bonchev–Trinajstić information content (AvgIpc) is 2.69. The molecule has 0 radical (unpaired) electrons. The number of esters is 1. The summed E-state index contributed by atoms with van der Waals surface area (Å²) in [5, 5.41) is 11.9. The number of nitrogens with one attached hydrogen (secondary N) is 1. The molecule has 0 spiro atoms. The van der Waals surface area contributed by atoms with Crippen molar-refractivity contribution >= 4 is 22.8 Å². The van der Waals surface area contributed by atoms with Crippen LogP contribution in [0.15, 0.2) is 24.3 Å². The van der Waals surface area contributed by atoms with Gasteiger partial charge in [-0.3, -0.25) is 9.78 Å². The summed E-state index contributed by atoms with van der Waals surface area (Å²) < 4.78 is 5.35. The molecule has 0 fully saturated rings. The van der Waals surface area contributed by atoms with Gasteiger partial charge < -0.3 is 10.1 Å². The van der Waals surface area contributed by atoms with Crippen LogP contribution in [0.1, 0.15) is 55.2 Å². The molecule has 0 bridgehead atoms. The van der Waals surface area contributed by atoms with Crippen molar-refractivity contribution in [3.8, 4) is 6.07 Å². The number of aryl methyl sites for hydroxylation is 1. The molecule has 29 heavy (non-hydrogen) atoms. The van der Waals surface area contributed by atoms with Crippen LogP contribution in [0.3, 0.4) is 0 Å². The van der Waals surface area contributed by atoms with Crippen molar-refractivity contribution in [2.75, 3.05) is 13.2 Å². The number of nitriles is 1. The van der Waals surface area contributed by atoms with Crippen molar-refractivity contribution in [3.63, 3.8) is 0 Å². The molecule has 0 saturated carbocycles. The van der Waals surface area contributed by atoms with Gasteiger partial charge in [-0.1, -0.05) is 39.0 Å². The van der Waals surface area contributed by atoms with E-state index in [9.17, 15) is 9.59 Å². The second-order valence-corrected chi connectivity index (χ2v) is 8.57. The number of ether oxygens (including phenoxy) is 1. The number of aromatic nitrogens is 1. The Bertz CT molecular complexity index is 970. The molecule has 1 aromatic carbocycles. The molecule has 1 unspecified atom stereocenters. The van der Waals surface area contributed by atoms with Gasteiger partial charge in [0.05, 0.1) is 23.6 Å². The Morgan fingerprint density at radius 2 is 2.07 bits per heavy atom. The van der Waals surface area contributed by atoms with Crippen molar-refractivity contribution in [1.82, 2.24) is 10.3 Å². The van der Waals surface area contributed by atoms with Gasteiger partial charge >= 0.3 is 5.97 Å². The molecule has 1 aliphatic rings. The van der Waals surface area contributed by atoms with Crippen LogP contribution in [0.25, 0.3) is 10.9 Å². The van der Waals surface area contributed by atoms with Crippen LogP contribution in [0.4, 0.5) is 0 Å². The van der Waals surface area contributed by atoms with Gasteiger partial charge in [0.25, 0.3) is 5.91 Å². The molecule has 1 heterocycles. The highest BCUT2D eigenvalue weighted by Gasteiger charge is 2.33. The van der Waals surface area contributed by atoms with Crippen molar-refractivity contribution in [1.29, 1.82) is 5.26 Å². The first-order valence-corrected chi connectivity index (χ1v) is 10.0. The van der Waals surface area contributed by atoms with Gasteiger partial charge in [-0.25, -0.2) is 4.79 Å². The number of pyridine rings is 1. The van der Waals surface area contributed by atoms with Crippen LogP contribution in [0, 0.1) is 22.7 Å². The lowest BCUT2D eigenvalue weighted by molar-refractivity contribution is -0.124. The molecule has 1 atom stereocenters. The summed E-state index contributed by atoms with van der Waals surface area (Å²) in [6, 6.07) is 9.52. The van der Waals surface area contributed by atoms with E-state index in [1.54, 1.807) is 0 Å². The minimum Gasteiger partial charge on any atom is -0.452 e. The maximum atomic E-state index is 13.0. The van der Waals surface area contributed by atoms with Crippen molar-refractivity contribution in [3.05, 3.63) is 41.1 Å². The molecule has 6 heteroatoms. The number of hydrogen-bond acceptors (Lipinski definition) is 5. The number of hydrogen-bond donors (Lipinski definition) is 1. The molecule has 2 aromatic rings. The number of fused-ring (bicyclic) bond motifs is 2. The van der Waals surface area contributed by atoms with Gasteiger partial charge in [0.1, 0.15) is 0 Å². The van der Waals surface area contributed by atoms with Gasteiger partial charge in [-0.15, -0.1) is 0 Å². The van der Waals surface area contributed by atoms with E-state index in [1.807, 2.05) is 30.3 Å². The zero-order valence-electron chi connectivity index (χ0n) is 17.2. The fraction of sp³-hybridized carbons (Fsp3) is 0.478. The lowest BCUT2D eigenvalue weighted by Gasteiger charge is -2.35. The number of nitrogens with zero attached hydrogens (tertiary/aromatic N) is 2. The summed E-state index contributed by atoms with van der Waals surface area (Å²) in [6.07, 6.45) is 2.86. The van der Waals surface area contributed by atoms with Crippen LogP contribution < -0.4 is 5.32 Å². The smallest absolute Gasteiger partial charge is 0.339 e. The number of benzene rings is 1. The molecule has 3 rings (SSSR count). The SMILES string of the molecule is CC(C)(C)C1CCc2nc3ccccc3c(C(=O)OCC(=O)NCCC#N)c2C1. The molecular formula is C23H27N3O3. The normalized spacial score (nSPS) is 16.0. The van der Waals surface area contributed by atoms with Crippen molar-refractivity contribution < 1.29 is 14.3 Å². The third-order valence-corrected chi connectivity index (χ3v) is 5.58. The zero-order valence-corrected chi connectivity index (χ0v) is 17.2. The molecule has 0 aliphatic heterocycles. The monoisotopic (exact) mass is 393 g/mol. The lowest BCUT2D eigenvalue weighted by atomic mass is 9.70. The molecule has 1 amide bonds. The highest BCUT2D eigenvalue weighted by molar-refractivity contribution is 6.05. The molecule has 6 nitrogen and oxygen atoms in total. The summed E-state index contributed by atoms with van der Waals surface area (Å²) in [6.45, 7) is 6.55. The minimum atomic E-state index is -0.496. The van der Waals surface area contributed by atoms with Gasteiger partial charge in [0.2, 0.25) is 0 Å². The van der Waals surface area contributed by atoms with E-state index in [-0.39, 0.29) is 25.0 Å². The summed E-state index contributed by atoms with van der Waals surface area (Å²) in [5.41, 5.74) is 3.33. The Morgan fingerprint density at radius 3 is 2.79 bits per heavy atom. The minimum absolute atomic E-state index is 0.130. The molecule has 1 N–H and O–H groups in total. The number of carbonyl (C=O) groups excluding carboxylic acids is 2. The van der Waals surface area contributed by atoms with Gasteiger partial charge in [-0.2, -0.15) is 5.26 Å². The first kappa shape index (κ1) is 20.8. The third kappa shape index (κ3) is 4.73. The maximum absolute atomic E-state index is 13.0. The van der Waals surface area contributed by atoms with Gasteiger partial charge in [0, 0.05) is 17.6 Å². The quantitative estimate of drug-likeness (QED) is 0.619. The van der Waals surface area contributed by atoms with Gasteiger partial charge in [0.15, 0.2) is 6.61 Å². The summed E-state index contributed by atoms with van der Waals surface area (Å²) in [5.74, 6) is -0.461. The molecular weight excluding hydrogens is 366 g/mol. The summed E-state index contributed by atoms with van der Waals surface area (Å²) in [7, 11) is 0. The predicted molar refractivity (Wildman–Crippen MR) is 110 cm³/mol. The highest BCUT2D eigenvalue weighted by atomic mass is 16.5. The average molecular weight is 393 g/mol. The van der Waals surface area contributed by atoms with E-state index in [2.05, 4.69) is 26.1 Å². The van der Waals surface area contributed by atoms with E-state index < -0.39 is 11.9 Å². The fourth-order valence-corrected chi connectivity index (χ4v) is 3.87. The third-order valence-electron chi connectivity index (χ3n) is 5.58. The second-order valence-electron chi connectivity index (χ2n) is 8.57. The van der Waals surface area contributed by atoms with E-state index in [1.165, 1.54) is 0 Å². The lowest BCUT2D eigenvalue weighted by Crippen LogP contribution is -2.31. The maximum Gasteiger partial charge on any atom is 0.339 e. The first-order chi connectivity index (χ1) is 13.8. The number of rotatable bonds is 5. The zero-order chi connectivity index (χ0) is 21.0. The molecule has 0 saturated heterocycles. The highest BCUT2D eigenvalue weighted by Crippen LogP contribution is 2.39. The summed E-state index contributed by atoms with van der Waals surface area (Å²) >= 11 is 0. The fourth-order valence-electron chi connectivity index (χ4n) is 3.87. The Balaban J connectivity index is 1.90. The number of carbonyl (C=O) groups is 2. The van der Waals surface area contributed by atoms with E-state index >= 15 is 0 Å². The molecule has 1 aromatic heterocycles. The van der Waals surface area contributed by atoms with Crippen LogP contribution >= 0.6 is 0 Å². The van der Waals surface area contributed by atoms with Gasteiger partial charge in [-0.05, 0) is 42.2 Å². The Morgan fingerprint density at radius 1 is 1.31 bits per heavy atom. The van der Waals surface area contributed by atoms with Crippen LogP contribution in [-0.2, 0) is 22.4 Å². The number of amides is 1. The predicted octanol–water partition coefficient (Wildman–Crippen LogP) is 3.57. The Kier molecular flexibility index (Phi) is 6.17. The standard InChI is InChI=1S/C23H27N3O3/c1-23(2,3)15-9-10-19-17(13-15)21(16-7-4-5-8-18(16)26-19)22(28)29-14-20(27)25-12-6-11-24/h4-5,7-8,15H,6,9-10,12-14H2,1-3H3,(H,25,27). The van der Waals surface area contributed by atoms with E-state index in [0.29, 0.717) is 11.5 Å². The summed E-state index contributed by atoms with van der Waals surface area (Å²) in [4.78, 5) is 29.7. The van der Waals surface area contributed by atoms with E-state index in [0.717, 1.165) is 41.4 Å². The van der Waals surface area contributed by atoms with E-state index in [4.69, 9.17) is 15.0 Å². The Labute approximate surface area is 171 Å². The topological polar surface area (TPSA) is 92.1 Å². The molecule has 152 valence electrons. The second kappa shape index (κ2) is 8.60. The first-order valence-electron chi connectivity index (χ1n) is 10.0. The Hall–Kier alpha value is -2.94. The largest absolute Gasteiger partial charge is 0.452 e.